The molecular weight excluding hydrogens is 202 g/mol. The van der Waals surface area contributed by atoms with Crippen LogP contribution in [0.25, 0.3) is 0 Å². The van der Waals surface area contributed by atoms with Crippen LogP contribution < -0.4 is 0 Å². The van der Waals surface area contributed by atoms with Crippen LogP contribution in [-0.4, -0.2) is 22.5 Å². The Morgan fingerprint density at radius 1 is 1.44 bits per heavy atom. The van der Waals surface area contributed by atoms with Crippen LogP contribution >= 0.6 is 0 Å². The molecule has 1 rings (SSSR count). The number of rotatable bonds is 2. The van der Waals surface area contributed by atoms with Crippen LogP contribution in [-0.2, 0) is 4.84 Å². The van der Waals surface area contributed by atoms with E-state index in [2.05, 4.69) is 5.16 Å². The highest BCUT2D eigenvalue weighted by Crippen LogP contribution is 2.18. The predicted octanol–water partition coefficient (Wildman–Crippen LogP) is 2.67. The summed E-state index contributed by atoms with van der Waals surface area (Å²) in [6.07, 6.45) is 5.29. The second-order valence-electron chi connectivity index (χ2n) is 5.21. The zero-order chi connectivity index (χ0) is 12.3. The van der Waals surface area contributed by atoms with E-state index in [9.17, 15) is 5.11 Å². The summed E-state index contributed by atoms with van der Waals surface area (Å²) in [7, 11) is 0. The van der Waals surface area contributed by atoms with Crippen molar-refractivity contribution in [3.8, 4) is 0 Å². The minimum Gasteiger partial charge on any atom is -0.390 e. The van der Waals surface area contributed by atoms with E-state index < -0.39 is 0 Å². The fraction of sp³-hybridized carbons (Fsp3) is 0.615. The summed E-state index contributed by atoms with van der Waals surface area (Å²) in [6, 6.07) is 0. The van der Waals surface area contributed by atoms with E-state index in [0.29, 0.717) is 0 Å². The molecule has 0 radical (unpaired) electrons. The van der Waals surface area contributed by atoms with Gasteiger partial charge in [-0.05, 0) is 33.3 Å². The summed E-state index contributed by atoms with van der Waals surface area (Å²) < 4.78 is 0. The number of aliphatic hydroxyl groups excluding tert-OH is 1. The fourth-order valence-electron chi connectivity index (χ4n) is 1.31. The zero-order valence-corrected chi connectivity index (χ0v) is 10.7. The predicted molar refractivity (Wildman–Crippen MR) is 66.3 cm³/mol. The maximum absolute atomic E-state index is 9.53. The molecule has 0 heterocycles. The van der Waals surface area contributed by atoms with E-state index in [1.165, 1.54) is 0 Å². The van der Waals surface area contributed by atoms with E-state index >= 15 is 0 Å². The molecule has 0 saturated carbocycles. The molecule has 0 bridgehead atoms. The van der Waals surface area contributed by atoms with E-state index in [-0.39, 0.29) is 17.6 Å². The van der Waals surface area contributed by atoms with Gasteiger partial charge in [-0.25, -0.2) is 0 Å². The van der Waals surface area contributed by atoms with Crippen molar-refractivity contribution in [1.82, 2.24) is 0 Å². The largest absolute Gasteiger partial charge is 0.390 e. The quantitative estimate of drug-likeness (QED) is 0.577. The molecule has 0 saturated heterocycles. The van der Waals surface area contributed by atoms with Crippen LogP contribution in [0.15, 0.2) is 29.0 Å². The van der Waals surface area contributed by atoms with Gasteiger partial charge in [-0.1, -0.05) is 30.3 Å². The molecule has 0 spiro atoms. The van der Waals surface area contributed by atoms with E-state index in [1.54, 1.807) is 6.08 Å². The fourth-order valence-corrected chi connectivity index (χ4v) is 1.31. The lowest BCUT2D eigenvalue weighted by atomic mass is 9.93. The van der Waals surface area contributed by atoms with Gasteiger partial charge in [0, 0.05) is 5.92 Å². The van der Waals surface area contributed by atoms with Crippen molar-refractivity contribution < 1.29 is 9.94 Å². The van der Waals surface area contributed by atoms with E-state index in [4.69, 9.17) is 4.84 Å². The van der Waals surface area contributed by atoms with Gasteiger partial charge in [0.1, 0.15) is 5.60 Å². The first kappa shape index (κ1) is 13.0. The molecule has 0 aromatic carbocycles. The number of oxime groups is 1. The third-order valence-corrected chi connectivity index (χ3v) is 2.33. The molecule has 0 fully saturated rings. The van der Waals surface area contributed by atoms with Crippen LogP contribution in [0.5, 0.6) is 0 Å². The maximum atomic E-state index is 9.53. The summed E-state index contributed by atoms with van der Waals surface area (Å²) in [6.45, 7) is 9.77. The number of allylic oxidation sites excluding steroid dienone is 2. The first-order chi connectivity index (χ1) is 7.29. The second kappa shape index (κ2) is 4.83. The smallest absolute Gasteiger partial charge is 0.129 e. The molecule has 1 aliphatic rings. The highest BCUT2D eigenvalue weighted by Gasteiger charge is 2.16. The van der Waals surface area contributed by atoms with Gasteiger partial charge in [-0.15, -0.1) is 0 Å². The van der Waals surface area contributed by atoms with Crippen molar-refractivity contribution in [2.75, 3.05) is 0 Å². The molecule has 0 aromatic rings. The Labute approximate surface area is 97.5 Å². The minimum absolute atomic E-state index is 0.125. The van der Waals surface area contributed by atoms with Crippen molar-refractivity contribution in [2.45, 2.75) is 46.3 Å². The molecule has 3 heteroatoms. The molecule has 1 N–H and O–H groups in total. The number of nitrogens with zero attached hydrogens (tertiary/aromatic N) is 1. The van der Waals surface area contributed by atoms with Gasteiger partial charge < -0.3 is 9.94 Å². The first-order valence-corrected chi connectivity index (χ1v) is 5.61. The topological polar surface area (TPSA) is 41.8 Å². The molecular formula is C13H21NO2. The SMILES string of the molecule is C/C(=N/OC(C)(C)C)C1=CC(C)C(O)C=C1. The van der Waals surface area contributed by atoms with Crippen molar-refractivity contribution in [3.05, 3.63) is 23.8 Å². The Hall–Kier alpha value is -1.09. The number of hydrogen-bond acceptors (Lipinski definition) is 3. The lowest BCUT2D eigenvalue weighted by Gasteiger charge is -2.19. The molecule has 2 atom stereocenters. The van der Waals surface area contributed by atoms with Crippen LogP contribution in [0.1, 0.15) is 34.6 Å². The standard InChI is InChI=1S/C13H21NO2/c1-9-8-11(6-7-12(9)15)10(2)14-16-13(3,4)5/h6-9,12,15H,1-5H3/b14-10-. The number of aliphatic hydroxyl groups is 1. The van der Waals surface area contributed by atoms with Crippen LogP contribution in [0, 0.1) is 5.92 Å². The summed E-state index contributed by atoms with van der Waals surface area (Å²) in [4.78, 5) is 5.36. The third kappa shape index (κ3) is 3.81. The number of hydrogen-bond donors (Lipinski definition) is 1. The highest BCUT2D eigenvalue weighted by molar-refractivity contribution is 6.00. The van der Waals surface area contributed by atoms with Gasteiger partial charge in [0.25, 0.3) is 0 Å². The molecule has 0 amide bonds. The highest BCUT2D eigenvalue weighted by atomic mass is 16.6. The lowest BCUT2D eigenvalue weighted by Crippen LogP contribution is -2.19. The molecule has 90 valence electrons. The summed E-state index contributed by atoms with van der Waals surface area (Å²) >= 11 is 0. The maximum Gasteiger partial charge on any atom is 0.129 e. The van der Waals surface area contributed by atoms with Crippen LogP contribution in [0.3, 0.4) is 0 Å². The second-order valence-corrected chi connectivity index (χ2v) is 5.21. The summed E-state index contributed by atoms with van der Waals surface area (Å²) in [5, 5.41) is 13.6. The Balaban J connectivity index is 2.72. The molecule has 0 aromatic heterocycles. The summed E-state index contributed by atoms with van der Waals surface area (Å²) in [5.41, 5.74) is 1.58. The summed E-state index contributed by atoms with van der Waals surface area (Å²) in [5.74, 6) is 0.125. The Bertz CT molecular complexity index is 334. The average molecular weight is 223 g/mol. The lowest BCUT2D eigenvalue weighted by molar-refractivity contribution is 0.000928. The first-order valence-electron chi connectivity index (χ1n) is 5.61. The van der Waals surface area contributed by atoms with Crippen LogP contribution in [0.4, 0.5) is 0 Å². The van der Waals surface area contributed by atoms with Gasteiger partial charge in [0.05, 0.1) is 11.8 Å². The molecule has 2 unspecified atom stereocenters. The monoisotopic (exact) mass is 223 g/mol. The van der Waals surface area contributed by atoms with Crippen molar-refractivity contribution >= 4 is 5.71 Å². The Morgan fingerprint density at radius 2 is 2.06 bits per heavy atom. The van der Waals surface area contributed by atoms with E-state index in [0.717, 1.165) is 11.3 Å². The Morgan fingerprint density at radius 3 is 2.56 bits per heavy atom. The Kier molecular flexibility index (Phi) is 3.92. The molecule has 1 aliphatic carbocycles. The third-order valence-electron chi connectivity index (χ3n) is 2.33. The van der Waals surface area contributed by atoms with Crippen molar-refractivity contribution in [1.29, 1.82) is 0 Å². The van der Waals surface area contributed by atoms with Crippen molar-refractivity contribution in [2.24, 2.45) is 11.1 Å². The van der Waals surface area contributed by atoms with Gasteiger partial charge >= 0.3 is 0 Å². The van der Waals surface area contributed by atoms with Crippen molar-refractivity contribution in [3.63, 3.8) is 0 Å². The van der Waals surface area contributed by atoms with E-state index in [1.807, 2.05) is 46.8 Å². The van der Waals surface area contributed by atoms with Crippen LogP contribution in [0.2, 0.25) is 0 Å². The zero-order valence-electron chi connectivity index (χ0n) is 10.7. The minimum atomic E-state index is -0.389. The van der Waals surface area contributed by atoms with Gasteiger partial charge in [-0.2, -0.15) is 0 Å². The normalized spacial score (nSPS) is 26.6. The van der Waals surface area contributed by atoms with Gasteiger partial charge in [0.2, 0.25) is 0 Å². The molecule has 0 aliphatic heterocycles. The van der Waals surface area contributed by atoms with Gasteiger partial charge in [-0.3, -0.25) is 0 Å². The molecule has 16 heavy (non-hydrogen) atoms. The average Bonchev–Trinajstić information content (AvgIpc) is 2.17. The molecule has 3 nitrogen and oxygen atoms in total. The van der Waals surface area contributed by atoms with Gasteiger partial charge in [0.15, 0.2) is 0 Å².